The number of allylic oxidation sites excluding steroid dienone is 4. The molecule has 4 nitrogen and oxygen atoms in total. The summed E-state index contributed by atoms with van der Waals surface area (Å²) in [6.07, 6.45) is 5.77. The molecule has 2 rings (SSSR count). The molecule has 0 spiro atoms. The molecule has 0 heterocycles. The van der Waals surface area contributed by atoms with Crippen molar-refractivity contribution in [2.24, 2.45) is 0 Å². The Kier molecular flexibility index (Phi) is 10.5. The number of aliphatic carboxylic acids is 1. The lowest BCUT2D eigenvalue weighted by Gasteiger charge is -2.07. The molecule has 0 aromatic heterocycles. The second-order valence-electron chi connectivity index (χ2n) is 7.04. The first-order valence-electron chi connectivity index (χ1n) is 10.1. The third-order valence-corrected chi connectivity index (χ3v) is 7.03. The molecule has 2 aromatic carbocycles. The molecular weight excluding hydrogens is 428 g/mol. The molecule has 0 radical (unpaired) electrons. The van der Waals surface area contributed by atoms with Gasteiger partial charge in [0, 0.05) is 22.6 Å². The Morgan fingerprint density at radius 1 is 0.871 bits per heavy atom. The van der Waals surface area contributed by atoms with Gasteiger partial charge in [0.15, 0.2) is 0 Å². The molecular formula is C25H28O4S2. The predicted molar refractivity (Wildman–Crippen MR) is 130 cm³/mol. The summed E-state index contributed by atoms with van der Waals surface area (Å²) < 4.78 is 4.68. The molecule has 0 aliphatic carbocycles. The minimum absolute atomic E-state index is 0.147. The second-order valence-corrected chi connectivity index (χ2v) is 9.32. The first-order chi connectivity index (χ1) is 14.9. The normalized spacial score (nSPS) is 12.0. The van der Waals surface area contributed by atoms with Crippen LogP contribution in [0.1, 0.15) is 50.7 Å². The van der Waals surface area contributed by atoms with Crippen LogP contribution in [0.4, 0.5) is 0 Å². The first-order valence-corrected chi connectivity index (χ1v) is 12.2. The smallest absolute Gasteiger partial charge is 0.305 e. The Balaban J connectivity index is 1.99. The predicted octanol–water partition coefficient (Wildman–Crippen LogP) is 7.11. The van der Waals surface area contributed by atoms with Crippen molar-refractivity contribution in [2.75, 3.05) is 7.11 Å². The summed E-state index contributed by atoms with van der Waals surface area (Å²) in [5.74, 6) is -0.973. The van der Waals surface area contributed by atoms with Gasteiger partial charge in [-0.2, -0.15) is 0 Å². The molecule has 31 heavy (non-hydrogen) atoms. The van der Waals surface area contributed by atoms with Crippen LogP contribution in [0, 0.1) is 0 Å². The van der Waals surface area contributed by atoms with Crippen LogP contribution in [-0.2, 0) is 14.3 Å². The third-order valence-electron chi connectivity index (χ3n) is 4.65. The molecule has 0 unspecified atom stereocenters. The maximum Gasteiger partial charge on any atom is 0.305 e. The molecule has 0 saturated carbocycles. The number of rotatable bonds is 11. The van der Waals surface area contributed by atoms with Crippen LogP contribution < -0.4 is 0 Å². The largest absolute Gasteiger partial charge is 0.481 e. The summed E-state index contributed by atoms with van der Waals surface area (Å²) in [4.78, 5) is 24.3. The maximum atomic E-state index is 11.3. The van der Waals surface area contributed by atoms with E-state index in [4.69, 9.17) is 5.11 Å². The van der Waals surface area contributed by atoms with Crippen molar-refractivity contribution in [1.29, 1.82) is 0 Å². The summed E-state index contributed by atoms with van der Waals surface area (Å²) in [5.41, 5.74) is 4.47. The SMILES string of the molecule is COC(=O)CC/C=C(\C)c1cccc(SSc2cccc(/C(C)=C/CCC(=O)O)c2)c1. The van der Waals surface area contributed by atoms with Crippen LogP contribution in [0.5, 0.6) is 0 Å². The van der Waals surface area contributed by atoms with Crippen molar-refractivity contribution in [3.63, 3.8) is 0 Å². The van der Waals surface area contributed by atoms with Crippen molar-refractivity contribution < 1.29 is 19.4 Å². The second kappa shape index (κ2) is 13.1. The van der Waals surface area contributed by atoms with E-state index in [9.17, 15) is 9.59 Å². The number of hydrogen-bond acceptors (Lipinski definition) is 5. The van der Waals surface area contributed by atoms with Gasteiger partial charge < -0.3 is 9.84 Å². The standard InChI is InChI=1S/C25H28O4S2/c1-18(8-4-14-24(26)27)20-10-6-12-22(16-20)30-31-23-13-7-11-21(17-23)19(2)9-5-15-25(28)29-3/h6-13,16-17H,4-5,14-15H2,1-3H3,(H,26,27)/b18-8+,19-9+. The van der Waals surface area contributed by atoms with E-state index in [1.807, 2.05) is 31.2 Å². The molecule has 0 saturated heterocycles. The Labute approximate surface area is 192 Å². The fourth-order valence-corrected chi connectivity index (χ4v) is 4.85. The Bertz CT molecular complexity index is 963. The number of benzene rings is 2. The van der Waals surface area contributed by atoms with Crippen LogP contribution in [0.2, 0.25) is 0 Å². The summed E-state index contributed by atoms with van der Waals surface area (Å²) in [7, 11) is 4.80. The number of carbonyl (C=O) groups is 2. The first kappa shape index (κ1) is 24.8. The number of ether oxygens (including phenoxy) is 1. The van der Waals surface area contributed by atoms with Gasteiger partial charge >= 0.3 is 11.9 Å². The number of carboxylic acids is 1. The number of hydrogen-bond donors (Lipinski definition) is 1. The highest BCUT2D eigenvalue weighted by Gasteiger charge is 2.04. The Hall–Kier alpha value is -2.44. The maximum absolute atomic E-state index is 11.3. The highest BCUT2D eigenvalue weighted by Crippen LogP contribution is 2.39. The lowest BCUT2D eigenvalue weighted by atomic mass is 10.1. The lowest BCUT2D eigenvalue weighted by Crippen LogP contribution is -1.98. The molecule has 0 amide bonds. The van der Waals surface area contributed by atoms with E-state index in [0.717, 1.165) is 32.1 Å². The fraction of sp³-hybridized carbons (Fsp3) is 0.280. The van der Waals surface area contributed by atoms with E-state index in [0.29, 0.717) is 19.3 Å². The molecule has 0 atom stereocenters. The molecule has 164 valence electrons. The zero-order valence-electron chi connectivity index (χ0n) is 18.1. The fourth-order valence-electron chi connectivity index (χ4n) is 2.84. The molecule has 0 bridgehead atoms. The number of esters is 1. The zero-order valence-corrected chi connectivity index (χ0v) is 19.7. The summed E-state index contributed by atoms with van der Waals surface area (Å²) >= 11 is 0. The van der Waals surface area contributed by atoms with Crippen molar-refractivity contribution in [1.82, 2.24) is 0 Å². The average Bonchev–Trinajstić information content (AvgIpc) is 2.77. The molecule has 0 aliphatic rings. The topological polar surface area (TPSA) is 63.6 Å². The van der Waals surface area contributed by atoms with Gasteiger partial charge in [0.05, 0.1) is 7.11 Å². The van der Waals surface area contributed by atoms with Gasteiger partial charge in [0.25, 0.3) is 0 Å². The molecule has 1 N–H and O–H groups in total. The van der Waals surface area contributed by atoms with E-state index in [1.165, 1.54) is 7.11 Å². The summed E-state index contributed by atoms with van der Waals surface area (Å²) in [5, 5.41) is 8.79. The highest BCUT2D eigenvalue weighted by molar-refractivity contribution is 8.76. The Morgan fingerprint density at radius 2 is 1.35 bits per heavy atom. The van der Waals surface area contributed by atoms with Gasteiger partial charge in [-0.1, -0.05) is 58.0 Å². The lowest BCUT2D eigenvalue weighted by molar-refractivity contribution is -0.140. The van der Waals surface area contributed by atoms with Crippen molar-refractivity contribution >= 4 is 44.7 Å². The van der Waals surface area contributed by atoms with Crippen LogP contribution >= 0.6 is 21.6 Å². The van der Waals surface area contributed by atoms with Gasteiger partial charge in [-0.15, -0.1) is 0 Å². The van der Waals surface area contributed by atoms with Crippen LogP contribution in [0.3, 0.4) is 0 Å². The quantitative estimate of drug-likeness (QED) is 0.287. The van der Waals surface area contributed by atoms with Crippen molar-refractivity contribution in [3.8, 4) is 0 Å². The monoisotopic (exact) mass is 456 g/mol. The van der Waals surface area contributed by atoms with Gasteiger partial charge in [-0.25, -0.2) is 0 Å². The van der Waals surface area contributed by atoms with E-state index in [1.54, 1.807) is 21.6 Å². The Morgan fingerprint density at radius 3 is 1.81 bits per heavy atom. The summed E-state index contributed by atoms with van der Waals surface area (Å²) in [6.45, 7) is 4.06. The molecule has 0 aliphatic heterocycles. The minimum atomic E-state index is -0.777. The van der Waals surface area contributed by atoms with Crippen molar-refractivity contribution in [3.05, 3.63) is 71.8 Å². The zero-order chi connectivity index (χ0) is 22.6. The van der Waals surface area contributed by atoms with Gasteiger partial charge in [0.2, 0.25) is 0 Å². The van der Waals surface area contributed by atoms with E-state index >= 15 is 0 Å². The number of carboxylic acid groups (broad SMARTS) is 1. The molecule has 0 fully saturated rings. The average molecular weight is 457 g/mol. The van der Waals surface area contributed by atoms with Crippen LogP contribution in [0.15, 0.2) is 70.5 Å². The van der Waals surface area contributed by atoms with E-state index in [2.05, 4.69) is 48.1 Å². The molecule has 2 aromatic rings. The van der Waals surface area contributed by atoms with Crippen molar-refractivity contribution in [2.45, 2.75) is 49.3 Å². The minimum Gasteiger partial charge on any atom is -0.481 e. The van der Waals surface area contributed by atoms with E-state index < -0.39 is 5.97 Å². The summed E-state index contributed by atoms with van der Waals surface area (Å²) in [6, 6.07) is 16.6. The van der Waals surface area contributed by atoms with Gasteiger partial charge in [0.1, 0.15) is 0 Å². The van der Waals surface area contributed by atoms with Crippen LogP contribution in [0.25, 0.3) is 11.1 Å². The van der Waals surface area contributed by atoms with Gasteiger partial charge in [-0.05, 0) is 73.2 Å². The highest BCUT2D eigenvalue weighted by atomic mass is 33.1. The van der Waals surface area contributed by atoms with E-state index in [-0.39, 0.29) is 12.4 Å². The number of methoxy groups -OCH3 is 1. The molecule has 6 heteroatoms. The third kappa shape index (κ3) is 9.07. The number of carbonyl (C=O) groups excluding carboxylic acids is 1. The van der Waals surface area contributed by atoms with Gasteiger partial charge in [-0.3, -0.25) is 9.59 Å². The van der Waals surface area contributed by atoms with Crippen LogP contribution in [-0.4, -0.2) is 24.2 Å².